The van der Waals surface area contributed by atoms with Crippen LogP contribution in [0.2, 0.25) is 0 Å². The van der Waals surface area contributed by atoms with Crippen LogP contribution >= 0.6 is 0 Å². The summed E-state index contributed by atoms with van der Waals surface area (Å²) in [5, 5.41) is 8.76. The van der Waals surface area contributed by atoms with Gasteiger partial charge in [-0.25, -0.2) is 4.79 Å². The van der Waals surface area contributed by atoms with E-state index < -0.39 is 5.97 Å². The van der Waals surface area contributed by atoms with E-state index in [9.17, 15) is 9.59 Å². The molecule has 1 saturated heterocycles. The second-order valence-corrected chi connectivity index (χ2v) is 4.24. The van der Waals surface area contributed by atoms with E-state index in [1.165, 1.54) is 0 Å². The van der Waals surface area contributed by atoms with E-state index in [4.69, 9.17) is 5.11 Å². The van der Waals surface area contributed by atoms with Crippen molar-refractivity contribution in [1.29, 1.82) is 0 Å². The summed E-state index contributed by atoms with van der Waals surface area (Å²) in [6.45, 7) is 1.58. The number of carbonyl (C=O) groups excluding carboxylic acids is 1. The van der Waals surface area contributed by atoms with Gasteiger partial charge in [-0.3, -0.25) is 4.79 Å². The fraction of sp³-hybridized carbons (Fsp3) is 0.385. The molecule has 0 unspecified atom stereocenters. The molecule has 1 aromatic carbocycles. The number of amides is 1. The topological polar surface area (TPSA) is 57.6 Å². The van der Waals surface area contributed by atoms with Crippen LogP contribution < -0.4 is 0 Å². The van der Waals surface area contributed by atoms with Gasteiger partial charge in [0.25, 0.3) is 0 Å². The maximum absolute atomic E-state index is 11.4. The number of hydrogen-bond donors (Lipinski definition) is 1. The van der Waals surface area contributed by atoms with Crippen molar-refractivity contribution < 1.29 is 14.7 Å². The summed E-state index contributed by atoms with van der Waals surface area (Å²) < 4.78 is 0. The fourth-order valence-electron chi connectivity index (χ4n) is 2.02. The molecule has 90 valence electrons. The van der Waals surface area contributed by atoms with Crippen LogP contribution in [0.4, 0.5) is 0 Å². The minimum Gasteiger partial charge on any atom is -0.478 e. The molecule has 0 spiro atoms. The van der Waals surface area contributed by atoms with E-state index in [-0.39, 0.29) is 5.91 Å². The normalized spacial score (nSPS) is 15.3. The van der Waals surface area contributed by atoms with Gasteiger partial charge in [-0.05, 0) is 30.5 Å². The number of hydrogen-bond acceptors (Lipinski definition) is 2. The van der Waals surface area contributed by atoms with Crippen molar-refractivity contribution in [2.24, 2.45) is 0 Å². The molecule has 4 nitrogen and oxygen atoms in total. The van der Waals surface area contributed by atoms with Gasteiger partial charge in [0.1, 0.15) is 0 Å². The molecule has 0 atom stereocenters. The second kappa shape index (κ2) is 4.99. The monoisotopic (exact) mass is 233 g/mol. The van der Waals surface area contributed by atoms with Gasteiger partial charge in [-0.15, -0.1) is 0 Å². The number of carboxylic acid groups (broad SMARTS) is 1. The van der Waals surface area contributed by atoms with Gasteiger partial charge in [-0.2, -0.15) is 0 Å². The Kier molecular flexibility index (Phi) is 3.42. The average Bonchev–Trinajstić information content (AvgIpc) is 2.73. The highest BCUT2D eigenvalue weighted by Gasteiger charge is 2.19. The highest BCUT2D eigenvalue weighted by atomic mass is 16.4. The van der Waals surface area contributed by atoms with E-state index >= 15 is 0 Å². The van der Waals surface area contributed by atoms with Crippen molar-refractivity contribution in [1.82, 2.24) is 4.90 Å². The lowest BCUT2D eigenvalue weighted by atomic mass is 10.1. The number of carbonyl (C=O) groups is 2. The second-order valence-electron chi connectivity index (χ2n) is 4.24. The van der Waals surface area contributed by atoms with Crippen LogP contribution in [0.15, 0.2) is 24.3 Å². The minimum absolute atomic E-state index is 0.229. The summed E-state index contributed by atoms with van der Waals surface area (Å²) in [6.07, 6.45) is 2.40. The zero-order chi connectivity index (χ0) is 12.3. The summed E-state index contributed by atoms with van der Waals surface area (Å²) in [6, 6.07) is 6.82. The Labute approximate surface area is 99.9 Å². The lowest BCUT2D eigenvalue weighted by Gasteiger charge is -2.15. The Morgan fingerprint density at radius 2 is 2.00 bits per heavy atom. The smallest absolute Gasteiger partial charge is 0.335 e. The molecule has 1 N–H and O–H groups in total. The van der Waals surface area contributed by atoms with E-state index in [0.717, 1.165) is 31.5 Å². The molecular weight excluding hydrogens is 218 g/mol. The Hall–Kier alpha value is -1.84. The number of carboxylic acids is 1. The molecular formula is C13H15NO3. The SMILES string of the molecule is O=C(O)c1ccc(CCN2CCCC2=O)cc1. The first-order chi connectivity index (χ1) is 8.16. The number of benzene rings is 1. The molecule has 17 heavy (non-hydrogen) atoms. The molecule has 0 aromatic heterocycles. The van der Waals surface area contributed by atoms with Gasteiger partial charge in [0.05, 0.1) is 5.56 Å². The van der Waals surface area contributed by atoms with Crippen LogP contribution in [0.1, 0.15) is 28.8 Å². The number of nitrogens with zero attached hydrogens (tertiary/aromatic N) is 1. The van der Waals surface area contributed by atoms with Gasteiger partial charge < -0.3 is 10.0 Å². The minimum atomic E-state index is -0.911. The van der Waals surface area contributed by atoms with Crippen LogP contribution in [0.5, 0.6) is 0 Å². The maximum Gasteiger partial charge on any atom is 0.335 e. The average molecular weight is 233 g/mol. The lowest BCUT2D eigenvalue weighted by Crippen LogP contribution is -2.26. The summed E-state index contributed by atoms with van der Waals surface area (Å²) in [4.78, 5) is 23.9. The third-order valence-electron chi connectivity index (χ3n) is 3.04. The highest BCUT2D eigenvalue weighted by molar-refractivity contribution is 5.87. The first-order valence-corrected chi connectivity index (χ1v) is 5.77. The maximum atomic E-state index is 11.4. The Balaban J connectivity index is 1.91. The van der Waals surface area contributed by atoms with Crippen molar-refractivity contribution in [3.63, 3.8) is 0 Å². The molecule has 1 aromatic rings. The summed E-state index contributed by atoms with van der Waals surface area (Å²) in [5.74, 6) is -0.682. The van der Waals surface area contributed by atoms with E-state index in [1.54, 1.807) is 12.1 Å². The summed E-state index contributed by atoms with van der Waals surface area (Å²) in [5.41, 5.74) is 1.36. The molecule has 0 saturated carbocycles. The first kappa shape index (κ1) is 11.6. The quantitative estimate of drug-likeness (QED) is 0.858. The van der Waals surface area contributed by atoms with Crippen LogP contribution in [-0.2, 0) is 11.2 Å². The molecule has 1 fully saturated rings. The van der Waals surface area contributed by atoms with Crippen LogP contribution in [-0.4, -0.2) is 35.0 Å². The van der Waals surface area contributed by atoms with Gasteiger partial charge in [-0.1, -0.05) is 12.1 Å². The van der Waals surface area contributed by atoms with Gasteiger partial charge in [0.15, 0.2) is 0 Å². The number of likely N-dealkylation sites (tertiary alicyclic amines) is 1. The number of aromatic carboxylic acids is 1. The largest absolute Gasteiger partial charge is 0.478 e. The van der Waals surface area contributed by atoms with E-state index in [2.05, 4.69) is 0 Å². The van der Waals surface area contributed by atoms with E-state index in [1.807, 2.05) is 17.0 Å². The van der Waals surface area contributed by atoms with Crippen molar-refractivity contribution in [2.45, 2.75) is 19.3 Å². The van der Waals surface area contributed by atoms with Crippen molar-refractivity contribution in [3.05, 3.63) is 35.4 Å². The first-order valence-electron chi connectivity index (χ1n) is 5.77. The summed E-state index contributed by atoms with van der Waals surface area (Å²) in [7, 11) is 0. The Bertz CT molecular complexity index is 425. The van der Waals surface area contributed by atoms with Crippen LogP contribution in [0.25, 0.3) is 0 Å². The predicted octanol–water partition coefficient (Wildman–Crippen LogP) is 1.55. The predicted molar refractivity (Wildman–Crippen MR) is 62.9 cm³/mol. The molecule has 0 bridgehead atoms. The molecule has 1 heterocycles. The van der Waals surface area contributed by atoms with Gasteiger partial charge in [0, 0.05) is 19.5 Å². The summed E-state index contributed by atoms with van der Waals surface area (Å²) >= 11 is 0. The van der Waals surface area contributed by atoms with Crippen molar-refractivity contribution in [2.75, 3.05) is 13.1 Å². The standard InChI is InChI=1S/C13H15NO3/c15-12-2-1-8-14(12)9-7-10-3-5-11(6-4-10)13(16)17/h3-6H,1-2,7-9H2,(H,16,17). The molecule has 2 rings (SSSR count). The Morgan fingerprint density at radius 1 is 1.29 bits per heavy atom. The van der Waals surface area contributed by atoms with Gasteiger partial charge in [0.2, 0.25) is 5.91 Å². The van der Waals surface area contributed by atoms with E-state index in [0.29, 0.717) is 12.0 Å². The van der Waals surface area contributed by atoms with Crippen LogP contribution in [0, 0.1) is 0 Å². The molecule has 0 radical (unpaired) electrons. The zero-order valence-corrected chi connectivity index (χ0v) is 9.56. The number of rotatable bonds is 4. The molecule has 1 aliphatic rings. The molecule has 1 amide bonds. The van der Waals surface area contributed by atoms with Gasteiger partial charge >= 0.3 is 5.97 Å². The Morgan fingerprint density at radius 3 is 2.53 bits per heavy atom. The van der Waals surface area contributed by atoms with Crippen LogP contribution in [0.3, 0.4) is 0 Å². The third kappa shape index (κ3) is 2.84. The zero-order valence-electron chi connectivity index (χ0n) is 9.56. The fourth-order valence-corrected chi connectivity index (χ4v) is 2.02. The van der Waals surface area contributed by atoms with Crippen molar-refractivity contribution >= 4 is 11.9 Å². The molecule has 1 aliphatic heterocycles. The lowest BCUT2D eigenvalue weighted by molar-refractivity contribution is -0.127. The molecule has 0 aliphatic carbocycles. The third-order valence-corrected chi connectivity index (χ3v) is 3.04. The molecule has 4 heteroatoms. The van der Waals surface area contributed by atoms with Crippen molar-refractivity contribution in [3.8, 4) is 0 Å². The highest BCUT2D eigenvalue weighted by Crippen LogP contribution is 2.11.